The highest BCUT2D eigenvalue weighted by Crippen LogP contribution is 2.33. The molecule has 158 valence electrons. The van der Waals surface area contributed by atoms with E-state index >= 15 is 0 Å². The van der Waals surface area contributed by atoms with Gasteiger partial charge in [0, 0.05) is 32.9 Å². The number of urea groups is 1. The lowest BCUT2D eigenvalue weighted by molar-refractivity contribution is 0.262. The molecule has 1 saturated heterocycles. The summed E-state index contributed by atoms with van der Waals surface area (Å²) >= 11 is 0. The van der Waals surface area contributed by atoms with Crippen LogP contribution in [0.3, 0.4) is 0 Å². The molecule has 7 heteroatoms. The van der Waals surface area contributed by atoms with Crippen molar-refractivity contribution in [2.45, 2.75) is 33.1 Å². The monoisotopic (exact) mass is 407 g/mol. The zero-order valence-electron chi connectivity index (χ0n) is 18.1. The first-order valence-electron chi connectivity index (χ1n) is 10.4. The van der Waals surface area contributed by atoms with E-state index in [1.807, 2.05) is 44.2 Å². The molecule has 0 aliphatic carbocycles. The first kappa shape index (κ1) is 20.1. The molecule has 0 unspecified atom stereocenters. The molecule has 0 saturated carbocycles. The van der Waals surface area contributed by atoms with Gasteiger partial charge >= 0.3 is 11.7 Å². The van der Waals surface area contributed by atoms with Gasteiger partial charge in [0.05, 0.1) is 22.4 Å². The Morgan fingerprint density at radius 2 is 1.53 bits per heavy atom. The van der Waals surface area contributed by atoms with E-state index in [9.17, 15) is 9.59 Å². The lowest BCUT2D eigenvalue weighted by Gasteiger charge is -2.30. The number of carbonyl (C=O) groups excluding carboxylic acids is 1. The molecule has 2 N–H and O–H groups in total. The minimum atomic E-state index is -0.295. The Morgan fingerprint density at radius 1 is 0.867 bits per heavy atom. The molecule has 1 aliphatic heterocycles. The molecule has 0 atom stereocenters. The Bertz CT molecular complexity index is 1170. The van der Waals surface area contributed by atoms with Gasteiger partial charge in [-0.05, 0) is 68.5 Å². The average molecular weight is 408 g/mol. The smallest absolute Gasteiger partial charge is 0.328 e. The van der Waals surface area contributed by atoms with Crippen LogP contribution in [0.2, 0.25) is 0 Å². The second kappa shape index (κ2) is 7.89. The van der Waals surface area contributed by atoms with Crippen molar-refractivity contribution in [3.05, 3.63) is 51.9 Å². The molecule has 4 rings (SSSR count). The third-order valence-corrected chi connectivity index (χ3v) is 6.10. The zero-order valence-corrected chi connectivity index (χ0v) is 18.1. The fourth-order valence-electron chi connectivity index (χ4n) is 4.13. The number of benzene rings is 2. The minimum absolute atomic E-state index is 0.0775. The highest BCUT2D eigenvalue weighted by Gasteiger charge is 2.20. The van der Waals surface area contributed by atoms with E-state index in [1.54, 1.807) is 23.2 Å². The van der Waals surface area contributed by atoms with Crippen molar-refractivity contribution in [1.82, 2.24) is 9.13 Å². The van der Waals surface area contributed by atoms with E-state index < -0.39 is 0 Å². The molecule has 1 aliphatic rings. The molecule has 2 heterocycles. The fourth-order valence-corrected chi connectivity index (χ4v) is 4.13. The van der Waals surface area contributed by atoms with Crippen LogP contribution in [-0.4, -0.2) is 28.3 Å². The maximum absolute atomic E-state index is 12.8. The Hall–Kier alpha value is -3.22. The molecule has 2 aromatic carbocycles. The minimum Gasteiger partial charge on any atom is -0.370 e. The molecule has 7 nitrogen and oxygen atoms in total. The number of nitrogens with one attached hydrogen (secondary N) is 2. The Labute approximate surface area is 176 Å². The summed E-state index contributed by atoms with van der Waals surface area (Å²) in [5.41, 5.74) is 6.32. The lowest BCUT2D eigenvalue weighted by atomic mass is 10.1. The van der Waals surface area contributed by atoms with Crippen LogP contribution >= 0.6 is 0 Å². The fraction of sp³-hybridized carbons (Fsp3) is 0.391. The maximum Gasteiger partial charge on any atom is 0.328 e. The number of aromatic nitrogens is 2. The lowest BCUT2D eigenvalue weighted by Crippen LogP contribution is -2.31. The van der Waals surface area contributed by atoms with Crippen molar-refractivity contribution >= 4 is 34.1 Å². The molecule has 3 aromatic rings. The van der Waals surface area contributed by atoms with Gasteiger partial charge in [-0.2, -0.15) is 0 Å². The average Bonchev–Trinajstić information content (AvgIpc) is 2.94. The van der Waals surface area contributed by atoms with E-state index in [1.165, 1.54) is 12.0 Å². The number of anilines is 3. The Kier molecular flexibility index (Phi) is 5.28. The summed E-state index contributed by atoms with van der Waals surface area (Å²) in [7, 11) is 3.54. The number of carbonyl (C=O) groups is 1. The number of aryl methyl sites for hydroxylation is 4. The van der Waals surface area contributed by atoms with E-state index in [0.717, 1.165) is 53.9 Å². The first-order chi connectivity index (χ1) is 14.3. The van der Waals surface area contributed by atoms with Gasteiger partial charge in [-0.25, -0.2) is 9.59 Å². The number of amides is 2. The maximum atomic E-state index is 12.8. The van der Waals surface area contributed by atoms with Crippen molar-refractivity contribution in [3.63, 3.8) is 0 Å². The van der Waals surface area contributed by atoms with Gasteiger partial charge in [-0.15, -0.1) is 0 Å². The topological polar surface area (TPSA) is 71.3 Å². The van der Waals surface area contributed by atoms with Gasteiger partial charge in [0.2, 0.25) is 0 Å². The summed E-state index contributed by atoms with van der Waals surface area (Å²) in [4.78, 5) is 27.5. The summed E-state index contributed by atoms with van der Waals surface area (Å²) in [6.07, 6.45) is 3.47. The SMILES string of the molecule is Cc1ccc(NC(=O)Nc2cc3c(cc2N2CCCCC2)n(C)c(=O)n3C)cc1C. The molecule has 1 aromatic heterocycles. The van der Waals surface area contributed by atoms with Crippen LogP contribution < -0.4 is 21.2 Å². The molecule has 1 fully saturated rings. The van der Waals surface area contributed by atoms with E-state index in [4.69, 9.17) is 0 Å². The van der Waals surface area contributed by atoms with Crippen molar-refractivity contribution in [2.24, 2.45) is 14.1 Å². The zero-order chi connectivity index (χ0) is 21.4. The van der Waals surface area contributed by atoms with Gasteiger partial charge in [0.1, 0.15) is 0 Å². The van der Waals surface area contributed by atoms with Gasteiger partial charge in [-0.1, -0.05) is 6.07 Å². The second-order valence-corrected chi connectivity index (χ2v) is 8.18. The number of piperidine rings is 1. The molecule has 0 radical (unpaired) electrons. The van der Waals surface area contributed by atoms with Crippen molar-refractivity contribution in [2.75, 3.05) is 28.6 Å². The highest BCUT2D eigenvalue weighted by atomic mass is 16.2. The van der Waals surface area contributed by atoms with Crippen LogP contribution in [0.5, 0.6) is 0 Å². The summed E-state index contributed by atoms with van der Waals surface area (Å²) in [5.74, 6) is 0. The molecular formula is C23H29N5O2. The molecule has 0 spiro atoms. The van der Waals surface area contributed by atoms with Crippen LogP contribution in [-0.2, 0) is 14.1 Å². The normalized spacial score (nSPS) is 14.2. The highest BCUT2D eigenvalue weighted by molar-refractivity contribution is 6.04. The van der Waals surface area contributed by atoms with E-state index in [2.05, 4.69) is 15.5 Å². The summed E-state index contributed by atoms with van der Waals surface area (Å²) < 4.78 is 3.27. The molecular weight excluding hydrogens is 378 g/mol. The van der Waals surface area contributed by atoms with E-state index in [-0.39, 0.29) is 11.7 Å². The van der Waals surface area contributed by atoms with Crippen LogP contribution in [0.1, 0.15) is 30.4 Å². The quantitative estimate of drug-likeness (QED) is 0.686. The predicted molar refractivity (Wildman–Crippen MR) is 123 cm³/mol. The summed E-state index contributed by atoms with van der Waals surface area (Å²) in [6, 6.07) is 9.49. The Balaban J connectivity index is 1.70. The third-order valence-electron chi connectivity index (χ3n) is 6.10. The number of fused-ring (bicyclic) bond motifs is 1. The van der Waals surface area contributed by atoms with Crippen LogP contribution in [0, 0.1) is 13.8 Å². The summed E-state index contributed by atoms with van der Waals surface area (Å²) in [5, 5.41) is 5.95. The van der Waals surface area contributed by atoms with Gasteiger partial charge < -0.3 is 15.5 Å². The predicted octanol–water partition coefficient (Wildman–Crippen LogP) is 4.13. The van der Waals surface area contributed by atoms with Gasteiger partial charge in [0.25, 0.3) is 0 Å². The van der Waals surface area contributed by atoms with Gasteiger partial charge in [0.15, 0.2) is 0 Å². The first-order valence-corrected chi connectivity index (χ1v) is 10.4. The van der Waals surface area contributed by atoms with Crippen molar-refractivity contribution in [1.29, 1.82) is 0 Å². The summed E-state index contributed by atoms with van der Waals surface area (Å²) in [6.45, 7) is 5.96. The number of rotatable bonds is 3. The van der Waals surface area contributed by atoms with Crippen LogP contribution in [0.4, 0.5) is 21.9 Å². The van der Waals surface area contributed by atoms with Crippen molar-refractivity contribution in [3.8, 4) is 0 Å². The largest absolute Gasteiger partial charge is 0.370 e. The van der Waals surface area contributed by atoms with Crippen molar-refractivity contribution < 1.29 is 4.79 Å². The Morgan fingerprint density at radius 3 is 2.20 bits per heavy atom. The molecule has 2 amide bonds. The molecule has 30 heavy (non-hydrogen) atoms. The van der Waals surface area contributed by atoms with Crippen LogP contribution in [0.25, 0.3) is 11.0 Å². The standard InChI is InChI=1S/C23H29N5O2/c1-15-8-9-17(12-16(15)2)24-22(29)25-18-13-20-21(27(4)23(30)26(20)3)14-19(18)28-10-6-5-7-11-28/h8-9,12-14H,5-7,10-11H2,1-4H3,(H2,24,25,29). The second-order valence-electron chi connectivity index (χ2n) is 8.18. The molecule has 0 bridgehead atoms. The number of hydrogen-bond acceptors (Lipinski definition) is 3. The third kappa shape index (κ3) is 3.67. The van der Waals surface area contributed by atoms with Crippen LogP contribution in [0.15, 0.2) is 35.1 Å². The van der Waals surface area contributed by atoms with E-state index in [0.29, 0.717) is 5.69 Å². The number of nitrogens with zero attached hydrogens (tertiary/aromatic N) is 3. The van der Waals surface area contributed by atoms with Gasteiger partial charge in [-0.3, -0.25) is 9.13 Å². The number of imidazole rings is 1. The number of hydrogen-bond donors (Lipinski definition) is 2.